The summed E-state index contributed by atoms with van der Waals surface area (Å²) in [5.41, 5.74) is 8.28. The van der Waals surface area contributed by atoms with Gasteiger partial charge in [0.2, 0.25) is 0 Å². The molecule has 2 aromatic rings. The molecule has 3 N–H and O–H groups in total. The van der Waals surface area contributed by atoms with Gasteiger partial charge in [0.05, 0.1) is 29.9 Å². The Hall–Kier alpha value is -1.50. The molecule has 5 nitrogen and oxygen atoms in total. The van der Waals surface area contributed by atoms with Crippen LogP contribution in [0.2, 0.25) is 0 Å². The highest BCUT2D eigenvalue weighted by atomic mass is 79.9. The molecule has 6 heteroatoms. The standard InChI is InChI=1S/C14H16BrN3O2/c1-8-5-12(18-14(17-8)11(16)7-19)9-3-4-13(20-2)10(15)6-9/h3-6,11,19H,7,16H2,1-2H3. The normalized spacial score (nSPS) is 12.2. The molecule has 0 saturated heterocycles. The quantitative estimate of drug-likeness (QED) is 0.893. The number of nitrogens with two attached hydrogens (primary N) is 1. The lowest BCUT2D eigenvalue weighted by Gasteiger charge is -2.11. The van der Waals surface area contributed by atoms with Gasteiger partial charge in [0.25, 0.3) is 0 Å². The van der Waals surface area contributed by atoms with E-state index in [1.54, 1.807) is 7.11 Å². The molecular weight excluding hydrogens is 322 g/mol. The number of methoxy groups -OCH3 is 1. The van der Waals surface area contributed by atoms with Gasteiger partial charge >= 0.3 is 0 Å². The fourth-order valence-corrected chi connectivity index (χ4v) is 2.35. The number of aryl methyl sites for hydroxylation is 1. The molecule has 0 radical (unpaired) electrons. The summed E-state index contributed by atoms with van der Waals surface area (Å²) in [4.78, 5) is 8.67. The number of halogens is 1. The van der Waals surface area contributed by atoms with Gasteiger partial charge in [0, 0.05) is 11.3 Å². The number of ether oxygens (including phenoxy) is 1. The third-order valence-electron chi connectivity index (χ3n) is 2.85. The van der Waals surface area contributed by atoms with E-state index in [1.807, 2.05) is 31.2 Å². The fourth-order valence-electron chi connectivity index (χ4n) is 1.81. The molecule has 0 bridgehead atoms. The van der Waals surface area contributed by atoms with Crippen LogP contribution in [0.25, 0.3) is 11.3 Å². The van der Waals surface area contributed by atoms with Crippen LogP contribution in [0.15, 0.2) is 28.7 Å². The first kappa shape index (κ1) is 14.9. The van der Waals surface area contributed by atoms with E-state index in [1.165, 1.54) is 0 Å². The van der Waals surface area contributed by atoms with Crippen LogP contribution in [0.1, 0.15) is 17.6 Å². The highest BCUT2D eigenvalue weighted by Gasteiger charge is 2.12. The molecule has 2 rings (SSSR count). The summed E-state index contributed by atoms with van der Waals surface area (Å²) >= 11 is 3.45. The largest absolute Gasteiger partial charge is 0.496 e. The second kappa shape index (κ2) is 6.30. The van der Waals surface area contributed by atoms with E-state index in [2.05, 4.69) is 25.9 Å². The lowest BCUT2D eigenvalue weighted by atomic mass is 10.1. The Morgan fingerprint density at radius 1 is 1.35 bits per heavy atom. The molecule has 1 heterocycles. The summed E-state index contributed by atoms with van der Waals surface area (Å²) in [6.07, 6.45) is 0. The molecule has 0 amide bonds. The van der Waals surface area contributed by atoms with Gasteiger partial charge in [-0.1, -0.05) is 0 Å². The minimum Gasteiger partial charge on any atom is -0.496 e. The van der Waals surface area contributed by atoms with Gasteiger partial charge in [-0.2, -0.15) is 0 Å². The SMILES string of the molecule is COc1ccc(-c2cc(C)nc(C(N)CO)n2)cc1Br. The first-order valence-electron chi connectivity index (χ1n) is 6.11. The summed E-state index contributed by atoms with van der Waals surface area (Å²) in [7, 11) is 1.62. The number of aliphatic hydroxyl groups excluding tert-OH is 1. The van der Waals surface area contributed by atoms with Crippen LogP contribution in [0.3, 0.4) is 0 Å². The smallest absolute Gasteiger partial charge is 0.148 e. The maximum atomic E-state index is 9.12. The van der Waals surface area contributed by atoms with Gasteiger partial charge in [0.15, 0.2) is 0 Å². The molecular formula is C14H16BrN3O2. The molecule has 106 valence electrons. The lowest BCUT2D eigenvalue weighted by molar-refractivity contribution is 0.263. The number of benzene rings is 1. The van der Waals surface area contributed by atoms with Crippen molar-refractivity contribution in [3.63, 3.8) is 0 Å². The van der Waals surface area contributed by atoms with Gasteiger partial charge in [-0.3, -0.25) is 0 Å². The zero-order valence-electron chi connectivity index (χ0n) is 11.3. The number of aliphatic hydroxyl groups is 1. The number of hydrogen-bond donors (Lipinski definition) is 2. The van der Waals surface area contributed by atoms with Crippen molar-refractivity contribution in [2.45, 2.75) is 13.0 Å². The van der Waals surface area contributed by atoms with E-state index in [0.29, 0.717) is 5.82 Å². The van der Waals surface area contributed by atoms with Gasteiger partial charge in [0.1, 0.15) is 11.6 Å². The highest BCUT2D eigenvalue weighted by molar-refractivity contribution is 9.10. The summed E-state index contributed by atoms with van der Waals surface area (Å²) in [5, 5.41) is 9.12. The lowest BCUT2D eigenvalue weighted by Crippen LogP contribution is -2.18. The van der Waals surface area contributed by atoms with Crippen molar-refractivity contribution in [2.24, 2.45) is 5.73 Å². The zero-order valence-corrected chi connectivity index (χ0v) is 12.9. The molecule has 1 aromatic heterocycles. The van der Waals surface area contributed by atoms with Gasteiger partial charge in [-0.15, -0.1) is 0 Å². The van der Waals surface area contributed by atoms with Crippen molar-refractivity contribution in [2.75, 3.05) is 13.7 Å². The van der Waals surface area contributed by atoms with Crippen LogP contribution >= 0.6 is 15.9 Å². The Labute approximate surface area is 126 Å². The first-order chi connectivity index (χ1) is 9.55. The van der Waals surface area contributed by atoms with Crippen molar-refractivity contribution < 1.29 is 9.84 Å². The maximum absolute atomic E-state index is 9.12. The van der Waals surface area contributed by atoms with E-state index in [9.17, 15) is 0 Å². The third-order valence-corrected chi connectivity index (χ3v) is 3.47. The van der Waals surface area contributed by atoms with Crippen LogP contribution < -0.4 is 10.5 Å². The maximum Gasteiger partial charge on any atom is 0.148 e. The van der Waals surface area contributed by atoms with E-state index in [-0.39, 0.29) is 6.61 Å². The Balaban J connectivity index is 2.47. The minimum atomic E-state index is -0.574. The van der Waals surface area contributed by atoms with Gasteiger partial charge < -0.3 is 15.6 Å². The molecule has 0 aliphatic carbocycles. The molecule has 1 unspecified atom stereocenters. The van der Waals surface area contributed by atoms with Gasteiger partial charge in [-0.05, 0) is 47.1 Å². The zero-order chi connectivity index (χ0) is 14.7. The van der Waals surface area contributed by atoms with Crippen LogP contribution in [0.5, 0.6) is 5.75 Å². The molecule has 20 heavy (non-hydrogen) atoms. The van der Waals surface area contributed by atoms with E-state index >= 15 is 0 Å². The molecule has 0 aliphatic rings. The predicted octanol–water partition coefficient (Wildman–Crippen LogP) is 2.22. The van der Waals surface area contributed by atoms with E-state index < -0.39 is 6.04 Å². The first-order valence-corrected chi connectivity index (χ1v) is 6.90. The number of hydrogen-bond acceptors (Lipinski definition) is 5. The average molecular weight is 338 g/mol. The van der Waals surface area contributed by atoms with Crippen molar-refractivity contribution in [3.8, 4) is 17.0 Å². The van der Waals surface area contributed by atoms with Crippen LogP contribution in [-0.4, -0.2) is 28.8 Å². The van der Waals surface area contributed by atoms with Crippen molar-refractivity contribution in [1.29, 1.82) is 0 Å². The highest BCUT2D eigenvalue weighted by Crippen LogP contribution is 2.30. The van der Waals surface area contributed by atoms with Crippen molar-refractivity contribution in [3.05, 3.63) is 40.3 Å². The minimum absolute atomic E-state index is 0.185. The second-order valence-electron chi connectivity index (χ2n) is 4.39. The number of aromatic nitrogens is 2. The molecule has 1 atom stereocenters. The topological polar surface area (TPSA) is 81.3 Å². The number of nitrogens with zero attached hydrogens (tertiary/aromatic N) is 2. The predicted molar refractivity (Wildman–Crippen MR) is 80.5 cm³/mol. The van der Waals surface area contributed by atoms with Gasteiger partial charge in [-0.25, -0.2) is 9.97 Å². The molecule has 0 spiro atoms. The van der Waals surface area contributed by atoms with Crippen LogP contribution in [0, 0.1) is 6.92 Å². The summed E-state index contributed by atoms with van der Waals surface area (Å²) in [6.45, 7) is 1.69. The van der Waals surface area contributed by atoms with E-state index in [0.717, 1.165) is 27.2 Å². The Morgan fingerprint density at radius 2 is 2.10 bits per heavy atom. The summed E-state index contributed by atoms with van der Waals surface area (Å²) in [5.74, 6) is 1.20. The second-order valence-corrected chi connectivity index (χ2v) is 5.25. The van der Waals surface area contributed by atoms with Crippen LogP contribution in [-0.2, 0) is 0 Å². The fraction of sp³-hybridized carbons (Fsp3) is 0.286. The van der Waals surface area contributed by atoms with Crippen molar-refractivity contribution >= 4 is 15.9 Å². The Bertz CT molecular complexity index is 619. The Kier molecular flexibility index (Phi) is 4.69. The molecule has 0 fully saturated rings. The van der Waals surface area contributed by atoms with Crippen LogP contribution in [0.4, 0.5) is 0 Å². The summed E-state index contributed by atoms with van der Waals surface area (Å²) < 4.78 is 6.06. The molecule has 0 saturated carbocycles. The van der Waals surface area contributed by atoms with Crippen molar-refractivity contribution in [1.82, 2.24) is 9.97 Å². The summed E-state index contributed by atoms with van der Waals surface area (Å²) in [6, 6.07) is 7.01. The number of rotatable bonds is 4. The molecule has 1 aromatic carbocycles. The van der Waals surface area contributed by atoms with E-state index in [4.69, 9.17) is 15.6 Å². The molecule has 0 aliphatic heterocycles. The average Bonchev–Trinajstić information content (AvgIpc) is 2.45. The monoisotopic (exact) mass is 337 g/mol. The third kappa shape index (κ3) is 3.15. The Morgan fingerprint density at radius 3 is 2.70 bits per heavy atom.